The molecule has 1 N–H and O–H groups in total. The summed E-state index contributed by atoms with van der Waals surface area (Å²) in [6, 6.07) is 13.4. The Kier molecular flexibility index (Phi) is 6.92. The number of halogens is 3. The van der Waals surface area contributed by atoms with Crippen molar-refractivity contribution in [2.24, 2.45) is 0 Å². The summed E-state index contributed by atoms with van der Waals surface area (Å²) in [6.45, 7) is 2.28. The highest BCUT2D eigenvalue weighted by molar-refractivity contribution is 5.96. The minimum Gasteiger partial charge on any atom is -0.343 e. The summed E-state index contributed by atoms with van der Waals surface area (Å²) in [5.74, 6) is -0.111. The molecule has 2 heterocycles. The molecule has 1 saturated heterocycles. The van der Waals surface area contributed by atoms with E-state index in [0.29, 0.717) is 38.3 Å². The van der Waals surface area contributed by atoms with Crippen molar-refractivity contribution in [1.29, 1.82) is 0 Å². The maximum Gasteiger partial charge on any atom is 0.416 e. The number of aromatic nitrogens is 2. The van der Waals surface area contributed by atoms with E-state index in [4.69, 9.17) is 4.52 Å². The molecule has 11 heteroatoms. The topological polar surface area (TPSA) is 91.6 Å². The first-order valence-corrected chi connectivity index (χ1v) is 10.6. The van der Waals surface area contributed by atoms with Gasteiger partial charge in [-0.25, -0.2) is 0 Å². The summed E-state index contributed by atoms with van der Waals surface area (Å²) in [7, 11) is 0. The lowest BCUT2D eigenvalue weighted by atomic mass is 10.1. The van der Waals surface area contributed by atoms with Crippen molar-refractivity contribution < 1.29 is 27.3 Å². The molecular formula is C23H22F3N5O3. The molecule has 0 unspecified atom stereocenters. The van der Waals surface area contributed by atoms with Crippen LogP contribution in [-0.4, -0.2) is 64.5 Å². The molecule has 4 rings (SSSR count). The largest absolute Gasteiger partial charge is 0.416 e. The fraction of sp³-hybridized carbons (Fsp3) is 0.304. The monoisotopic (exact) mass is 473 g/mol. The molecule has 3 aromatic rings. The van der Waals surface area contributed by atoms with Crippen molar-refractivity contribution in [2.75, 3.05) is 32.7 Å². The Balaban J connectivity index is 1.26. The number of amides is 2. The second kappa shape index (κ2) is 10.0. The van der Waals surface area contributed by atoms with Gasteiger partial charge in [0.15, 0.2) is 0 Å². The normalized spacial score (nSPS) is 14.7. The number of nitrogens with one attached hydrogen (secondary N) is 1. The second-order valence-corrected chi connectivity index (χ2v) is 7.80. The Hall–Kier alpha value is -3.73. The SMILES string of the molecule is O=C(NCC(=O)N1CCN(Cc2nc(-c3cccc(C(F)(F)F)c3)no2)CC1)c1ccccc1. The lowest BCUT2D eigenvalue weighted by molar-refractivity contribution is -0.137. The number of carbonyl (C=O) groups excluding carboxylic acids is 2. The predicted molar refractivity (Wildman–Crippen MR) is 115 cm³/mol. The van der Waals surface area contributed by atoms with Gasteiger partial charge in [0.1, 0.15) is 0 Å². The molecule has 0 atom stereocenters. The van der Waals surface area contributed by atoms with Crippen LogP contribution in [0.15, 0.2) is 59.1 Å². The van der Waals surface area contributed by atoms with Crippen molar-refractivity contribution in [3.05, 3.63) is 71.6 Å². The molecule has 1 aliphatic rings. The van der Waals surface area contributed by atoms with Crippen LogP contribution in [0, 0.1) is 0 Å². The number of hydrogen-bond donors (Lipinski definition) is 1. The van der Waals surface area contributed by atoms with Gasteiger partial charge < -0.3 is 14.7 Å². The van der Waals surface area contributed by atoms with Crippen molar-refractivity contribution in [3.8, 4) is 11.4 Å². The number of carbonyl (C=O) groups is 2. The number of benzene rings is 2. The summed E-state index contributed by atoms with van der Waals surface area (Å²) in [4.78, 5) is 32.4. The summed E-state index contributed by atoms with van der Waals surface area (Å²) in [5.41, 5.74) is -0.0703. The molecule has 1 aromatic heterocycles. The van der Waals surface area contributed by atoms with E-state index >= 15 is 0 Å². The van der Waals surface area contributed by atoms with Gasteiger partial charge in [-0.3, -0.25) is 14.5 Å². The maximum atomic E-state index is 12.9. The molecular weight excluding hydrogens is 451 g/mol. The van der Waals surface area contributed by atoms with Crippen LogP contribution < -0.4 is 5.32 Å². The molecule has 0 radical (unpaired) electrons. The molecule has 34 heavy (non-hydrogen) atoms. The Morgan fingerprint density at radius 3 is 2.44 bits per heavy atom. The molecule has 0 bridgehead atoms. The van der Waals surface area contributed by atoms with Crippen LogP contribution in [0.4, 0.5) is 13.2 Å². The van der Waals surface area contributed by atoms with E-state index in [1.54, 1.807) is 29.2 Å². The van der Waals surface area contributed by atoms with E-state index in [0.717, 1.165) is 12.1 Å². The van der Waals surface area contributed by atoms with Crippen LogP contribution in [0.3, 0.4) is 0 Å². The third-order valence-electron chi connectivity index (χ3n) is 5.44. The zero-order valence-electron chi connectivity index (χ0n) is 18.1. The van der Waals surface area contributed by atoms with Crippen LogP contribution >= 0.6 is 0 Å². The molecule has 2 aromatic carbocycles. The second-order valence-electron chi connectivity index (χ2n) is 7.80. The fourth-order valence-electron chi connectivity index (χ4n) is 3.58. The van der Waals surface area contributed by atoms with E-state index in [9.17, 15) is 22.8 Å². The molecule has 8 nitrogen and oxygen atoms in total. The average Bonchev–Trinajstić information content (AvgIpc) is 3.31. The summed E-state index contributed by atoms with van der Waals surface area (Å²) < 4.78 is 44.0. The quantitative estimate of drug-likeness (QED) is 0.592. The first-order chi connectivity index (χ1) is 16.3. The highest BCUT2D eigenvalue weighted by atomic mass is 19.4. The number of rotatable bonds is 6. The number of nitrogens with zero attached hydrogens (tertiary/aromatic N) is 4. The van der Waals surface area contributed by atoms with Crippen molar-refractivity contribution in [2.45, 2.75) is 12.7 Å². The van der Waals surface area contributed by atoms with Gasteiger partial charge >= 0.3 is 6.18 Å². The molecule has 0 saturated carbocycles. The van der Waals surface area contributed by atoms with Gasteiger partial charge in [-0.15, -0.1) is 0 Å². The zero-order valence-corrected chi connectivity index (χ0v) is 18.1. The van der Waals surface area contributed by atoms with Gasteiger partial charge in [0.25, 0.3) is 5.91 Å². The summed E-state index contributed by atoms with van der Waals surface area (Å²) in [6.07, 6.45) is -4.45. The van der Waals surface area contributed by atoms with Crippen LogP contribution in [0.1, 0.15) is 21.8 Å². The van der Waals surface area contributed by atoms with Crippen LogP contribution in [0.5, 0.6) is 0 Å². The Morgan fingerprint density at radius 1 is 1.00 bits per heavy atom. The Morgan fingerprint density at radius 2 is 1.74 bits per heavy atom. The Labute approximate surface area is 193 Å². The predicted octanol–water partition coefficient (Wildman–Crippen LogP) is 2.83. The van der Waals surface area contributed by atoms with Gasteiger partial charge in [0.2, 0.25) is 17.6 Å². The van der Waals surface area contributed by atoms with Crippen LogP contribution in [0.2, 0.25) is 0 Å². The molecule has 0 spiro atoms. The van der Waals surface area contributed by atoms with E-state index in [-0.39, 0.29) is 35.6 Å². The highest BCUT2D eigenvalue weighted by Gasteiger charge is 2.31. The lowest BCUT2D eigenvalue weighted by Crippen LogP contribution is -2.50. The minimum absolute atomic E-state index is 0.0856. The van der Waals surface area contributed by atoms with Gasteiger partial charge in [0, 0.05) is 37.3 Å². The molecule has 1 fully saturated rings. The molecule has 1 aliphatic heterocycles. The van der Waals surface area contributed by atoms with E-state index in [2.05, 4.69) is 15.5 Å². The van der Waals surface area contributed by atoms with Crippen LogP contribution in [-0.2, 0) is 17.5 Å². The standard InChI is InChI=1S/C23H22F3N5O3/c24-23(25,26)18-8-4-7-17(13-18)21-28-19(34-29-21)15-30-9-11-31(12-10-30)20(32)14-27-22(33)16-5-2-1-3-6-16/h1-8,13H,9-12,14-15H2,(H,27,33). The summed E-state index contributed by atoms with van der Waals surface area (Å²) >= 11 is 0. The molecule has 0 aliphatic carbocycles. The first-order valence-electron chi connectivity index (χ1n) is 10.6. The fourth-order valence-corrected chi connectivity index (χ4v) is 3.58. The van der Waals surface area contributed by atoms with Gasteiger partial charge in [-0.05, 0) is 24.3 Å². The number of alkyl halides is 3. The van der Waals surface area contributed by atoms with Crippen LogP contribution in [0.25, 0.3) is 11.4 Å². The van der Waals surface area contributed by atoms with E-state index < -0.39 is 11.7 Å². The molecule has 178 valence electrons. The minimum atomic E-state index is -4.45. The third-order valence-corrected chi connectivity index (χ3v) is 5.44. The van der Waals surface area contributed by atoms with Gasteiger partial charge in [-0.1, -0.05) is 35.5 Å². The van der Waals surface area contributed by atoms with Crippen molar-refractivity contribution >= 4 is 11.8 Å². The van der Waals surface area contributed by atoms with E-state index in [1.807, 2.05) is 11.0 Å². The van der Waals surface area contributed by atoms with Gasteiger partial charge in [-0.2, -0.15) is 18.2 Å². The highest BCUT2D eigenvalue weighted by Crippen LogP contribution is 2.31. The van der Waals surface area contributed by atoms with Gasteiger partial charge in [0.05, 0.1) is 18.7 Å². The average molecular weight is 473 g/mol. The first kappa shape index (κ1) is 23.4. The lowest BCUT2D eigenvalue weighted by Gasteiger charge is -2.34. The smallest absolute Gasteiger partial charge is 0.343 e. The molecule has 2 amide bonds. The third kappa shape index (κ3) is 5.79. The van der Waals surface area contributed by atoms with Crippen molar-refractivity contribution in [1.82, 2.24) is 25.3 Å². The number of piperazine rings is 1. The van der Waals surface area contributed by atoms with Crippen molar-refractivity contribution in [3.63, 3.8) is 0 Å². The number of hydrogen-bond acceptors (Lipinski definition) is 6. The summed E-state index contributed by atoms with van der Waals surface area (Å²) in [5, 5.41) is 6.43. The zero-order chi connectivity index (χ0) is 24.1. The maximum absolute atomic E-state index is 12.9. The van der Waals surface area contributed by atoms with E-state index in [1.165, 1.54) is 12.1 Å². The Bertz CT molecular complexity index is 1140.